The number of ether oxygens (including phenoxy) is 1. The number of rotatable bonds is 6. The van der Waals surface area contributed by atoms with Gasteiger partial charge in [-0.05, 0) is 43.7 Å². The number of aromatic nitrogens is 1. The zero-order valence-electron chi connectivity index (χ0n) is 14.4. The van der Waals surface area contributed by atoms with Crippen molar-refractivity contribution in [3.8, 4) is 5.88 Å². The third-order valence-corrected chi connectivity index (χ3v) is 5.61. The molecule has 24 heavy (non-hydrogen) atoms. The van der Waals surface area contributed by atoms with Crippen LogP contribution in [0.4, 0.5) is 0 Å². The van der Waals surface area contributed by atoms with Gasteiger partial charge in [-0.25, -0.2) is 4.98 Å². The lowest BCUT2D eigenvalue weighted by Gasteiger charge is -2.41. The van der Waals surface area contributed by atoms with E-state index in [4.69, 9.17) is 16.3 Å². The van der Waals surface area contributed by atoms with E-state index >= 15 is 0 Å². The number of amides is 1. The van der Waals surface area contributed by atoms with E-state index in [1.807, 2.05) is 4.90 Å². The number of nitrogens with zero attached hydrogens (tertiary/aromatic N) is 2. The summed E-state index contributed by atoms with van der Waals surface area (Å²) < 4.78 is 5.77. The van der Waals surface area contributed by atoms with Gasteiger partial charge in [0.2, 0.25) is 11.8 Å². The van der Waals surface area contributed by atoms with Gasteiger partial charge in [-0.1, -0.05) is 37.8 Å². The normalized spacial score (nSPS) is 24.5. The van der Waals surface area contributed by atoms with Crippen LogP contribution in [0.1, 0.15) is 51.9 Å². The molecule has 0 aromatic carbocycles. The molecule has 1 aromatic heterocycles. The third kappa shape index (κ3) is 4.21. The Kier molecular flexibility index (Phi) is 5.99. The first-order valence-corrected chi connectivity index (χ1v) is 9.61. The first kappa shape index (κ1) is 17.5. The molecule has 1 saturated carbocycles. The summed E-state index contributed by atoms with van der Waals surface area (Å²) in [5.74, 6) is 1.85. The number of hydrogen-bond acceptors (Lipinski definition) is 3. The largest absolute Gasteiger partial charge is 0.470 e. The predicted octanol–water partition coefficient (Wildman–Crippen LogP) is 4.32. The maximum atomic E-state index is 12.6. The summed E-state index contributed by atoms with van der Waals surface area (Å²) in [7, 11) is 0. The molecule has 1 aromatic rings. The van der Waals surface area contributed by atoms with Crippen LogP contribution in [0.15, 0.2) is 18.3 Å². The Bertz CT molecular complexity index is 552. The Labute approximate surface area is 149 Å². The minimum atomic E-state index is 0.0160. The van der Waals surface area contributed by atoms with Crippen LogP contribution < -0.4 is 4.74 Å². The predicted molar refractivity (Wildman–Crippen MR) is 95.2 cm³/mol. The van der Waals surface area contributed by atoms with Crippen molar-refractivity contribution in [1.82, 2.24) is 9.88 Å². The molecule has 1 aliphatic heterocycles. The van der Waals surface area contributed by atoms with Crippen molar-refractivity contribution in [3.05, 3.63) is 23.4 Å². The topological polar surface area (TPSA) is 42.4 Å². The molecule has 132 valence electrons. The van der Waals surface area contributed by atoms with E-state index in [9.17, 15) is 4.79 Å². The monoisotopic (exact) mass is 350 g/mol. The van der Waals surface area contributed by atoms with Gasteiger partial charge in [-0.2, -0.15) is 0 Å². The van der Waals surface area contributed by atoms with Gasteiger partial charge in [0, 0.05) is 12.1 Å². The molecule has 1 amide bonds. The van der Waals surface area contributed by atoms with Crippen molar-refractivity contribution in [3.63, 3.8) is 0 Å². The van der Waals surface area contributed by atoms with Gasteiger partial charge in [0.1, 0.15) is 11.1 Å². The van der Waals surface area contributed by atoms with Crippen molar-refractivity contribution in [2.24, 2.45) is 11.8 Å². The SMILES string of the molecule is CCCCC1CCC(C(=O)N2CC(Oc3ncccc3Cl)C2)CC1. The van der Waals surface area contributed by atoms with Crippen LogP contribution in [-0.4, -0.2) is 35.0 Å². The fourth-order valence-corrected chi connectivity index (χ4v) is 3.92. The van der Waals surface area contributed by atoms with E-state index in [-0.39, 0.29) is 12.0 Å². The van der Waals surface area contributed by atoms with Gasteiger partial charge in [-0.15, -0.1) is 0 Å². The number of halogens is 1. The average molecular weight is 351 g/mol. The maximum Gasteiger partial charge on any atom is 0.232 e. The van der Waals surface area contributed by atoms with E-state index in [1.54, 1.807) is 18.3 Å². The Morgan fingerprint density at radius 2 is 2.08 bits per heavy atom. The maximum absolute atomic E-state index is 12.6. The highest BCUT2D eigenvalue weighted by Gasteiger charge is 2.37. The summed E-state index contributed by atoms with van der Waals surface area (Å²) in [5.41, 5.74) is 0. The molecular formula is C19H27ClN2O2. The molecule has 0 N–H and O–H groups in total. The summed E-state index contributed by atoms with van der Waals surface area (Å²) in [4.78, 5) is 18.7. The second kappa shape index (κ2) is 8.19. The number of pyridine rings is 1. The molecule has 0 atom stereocenters. The Morgan fingerprint density at radius 1 is 1.33 bits per heavy atom. The van der Waals surface area contributed by atoms with E-state index in [0.29, 0.717) is 29.9 Å². The highest BCUT2D eigenvalue weighted by molar-refractivity contribution is 6.31. The van der Waals surface area contributed by atoms with E-state index in [2.05, 4.69) is 11.9 Å². The molecule has 1 saturated heterocycles. The molecule has 0 unspecified atom stereocenters. The molecule has 0 radical (unpaired) electrons. The van der Waals surface area contributed by atoms with Crippen LogP contribution in [0.3, 0.4) is 0 Å². The van der Waals surface area contributed by atoms with E-state index < -0.39 is 0 Å². The van der Waals surface area contributed by atoms with Crippen LogP contribution in [0.2, 0.25) is 5.02 Å². The summed E-state index contributed by atoms with van der Waals surface area (Å²) >= 11 is 6.05. The molecule has 0 bridgehead atoms. The molecule has 3 rings (SSSR count). The minimum absolute atomic E-state index is 0.0160. The molecule has 4 nitrogen and oxygen atoms in total. The first-order chi connectivity index (χ1) is 11.7. The fourth-order valence-electron chi connectivity index (χ4n) is 3.76. The molecule has 1 aliphatic carbocycles. The highest BCUT2D eigenvalue weighted by atomic mass is 35.5. The first-order valence-electron chi connectivity index (χ1n) is 9.23. The second-order valence-corrected chi connectivity index (χ2v) is 7.54. The lowest BCUT2D eigenvalue weighted by Crippen LogP contribution is -2.57. The van der Waals surface area contributed by atoms with Crippen molar-refractivity contribution < 1.29 is 9.53 Å². The Morgan fingerprint density at radius 3 is 2.75 bits per heavy atom. The van der Waals surface area contributed by atoms with Gasteiger partial charge < -0.3 is 9.64 Å². The quantitative estimate of drug-likeness (QED) is 0.767. The highest BCUT2D eigenvalue weighted by Crippen LogP contribution is 2.34. The zero-order valence-corrected chi connectivity index (χ0v) is 15.2. The van der Waals surface area contributed by atoms with Crippen LogP contribution in [-0.2, 0) is 4.79 Å². The van der Waals surface area contributed by atoms with Crippen LogP contribution in [0, 0.1) is 11.8 Å². The van der Waals surface area contributed by atoms with E-state index in [0.717, 1.165) is 18.8 Å². The summed E-state index contributed by atoms with van der Waals surface area (Å²) in [6, 6.07) is 3.55. The van der Waals surface area contributed by atoms with Gasteiger partial charge >= 0.3 is 0 Å². The number of likely N-dealkylation sites (tertiary alicyclic amines) is 1. The summed E-state index contributed by atoms with van der Waals surface area (Å²) in [5, 5.41) is 0.521. The van der Waals surface area contributed by atoms with Crippen LogP contribution >= 0.6 is 11.6 Å². The average Bonchev–Trinajstić information content (AvgIpc) is 2.57. The van der Waals surface area contributed by atoms with Gasteiger partial charge in [0.05, 0.1) is 13.1 Å². The molecule has 2 heterocycles. The summed E-state index contributed by atoms with van der Waals surface area (Å²) in [6.07, 6.45) is 10.2. The molecule has 2 fully saturated rings. The lowest BCUT2D eigenvalue weighted by atomic mass is 9.79. The zero-order chi connectivity index (χ0) is 16.9. The standard InChI is InChI=1S/C19H27ClN2O2/c1-2-3-5-14-7-9-15(10-8-14)19(23)22-12-16(13-22)24-18-17(20)6-4-11-21-18/h4,6,11,14-16H,2-3,5,7-10,12-13H2,1H3. The number of unbranched alkanes of at least 4 members (excludes halogenated alkanes) is 1. The lowest BCUT2D eigenvalue weighted by molar-refractivity contribution is -0.146. The molecule has 5 heteroatoms. The molecular weight excluding hydrogens is 324 g/mol. The molecule has 2 aliphatic rings. The van der Waals surface area contributed by atoms with Crippen molar-refractivity contribution in [2.45, 2.75) is 58.0 Å². The minimum Gasteiger partial charge on any atom is -0.470 e. The molecule has 0 spiro atoms. The Balaban J connectivity index is 1.40. The summed E-state index contributed by atoms with van der Waals surface area (Å²) in [6.45, 7) is 3.55. The van der Waals surface area contributed by atoms with Gasteiger partial charge in [0.15, 0.2) is 0 Å². The number of hydrogen-bond donors (Lipinski definition) is 0. The van der Waals surface area contributed by atoms with Gasteiger partial charge in [-0.3, -0.25) is 4.79 Å². The van der Waals surface area contributed by atoms with Crippen LogP contribution in [0.5, 0.6) is 5.88 Å². The smallest absolute Gasteiger partial charge is 0.232 e. The van der Waals surface area contributed by atoms with Crippen LogP contribution in [0.25, 0.3) is 0 Å². The van der Waals surface area contributed by atoms with E-state index in [1.165, 1.54) is 32.1 Å². The fraction of sp³-hybridized carbons (Fsp3) is 0.684. The third-order valence-electron chi connectivity index (χ3n) is 5.32. The number of carbonyl (C=O) groups excluding carboxylic acids is 1. The van der Waals surface area contributed by atoms with Crippen molar-refractivity contribution >= 4 is 17.5 Å². The number of carbonyl (C=O) groups is 1. The van der Waals surface area contributed by atoms with Crippen molar-refractivity contribution in [1.29, 1.82) is 0 Å². The van der Waals surface area contributed by atoms with Gasteiger partial charge in [0.25, 0.3) is 0 Å². The Hall–Kier alpha value is -1.29. The van der Waals surface area contributed by atoms with Crippen molar-refractivity contribution in [2.75, 3.05) is 13.1 Å². The second-order valence-electron chi connectivity index (χ2n) is 7.13.